The van der Waals surface area contributed by atoms with Gasteiger partial charge in [-0.3, -0.25) is 4.79 Å². The van der Waals surface area contributed by atoms with Gasteiger partial charge < -0.3 is 15.6 Å². The first-order valence-electron chi connectivity index (χ1n) is 5.81. The predicted molar refractivity (Wildman–Crippen MR) is 68.5 cm³/mol. The molecule has 94 valence electrons. The van der Waals surface area contributed by atoms with Crippen molar-refractivity contribution in [2.24, 2.45) is 11.7 Å². The largest absolute Gasteiger partial charge is 0.355 e. The summed E-state index contributed by atoms with van der Waals surface area (Å²) < 4.78 is 0. The number of rotatable bonds is 3. The van der Waals surface area contributed by atoms with E-state index in [0.717, 1.165) is 19.3 Å². The summed E-state index contributed by atoms with van der Waals surface area (Å²) in [6.45, 7) is 0.663. The third kappa shape index (κ3) is 2.30. The number of nitrogens with one attached hydrogen (secondary N) is 1. The smallest absolute Gasteiger partial charge is 0.271 e. The van der Waals surface area contributed by atoms with Crippen LogP contribution in [-0.4, -0.2) is 29.6 Å². The second-order valence-corrected chi connectivity index (χ2v) is 4.85. The Labute approximate surface area is 105 Å². The molecule has 6 heteroatoms. The average molecular weight is 257 g/mol. The van der Waals surface area contributed by atoms with Crippen molar-refractivity contribution in [1.82, 2.24) is 9.97 Å². The van der Waals surface area contributed by atoms with Crippen molar-refractivity contribution in [3.8, 4) is 0 Å². The fourth-order valence-corrected chi connectivity index (χ4v) is 2.82. The van der Waals surface area contributed by atoms with Crippen molar-refractivity contribution in [3.05, 3.63) is 21.7 Å². The van der Waals surface area contributed by atoms with Gasteiger partial charge in [-0.25, -0.2) is 4.98 Å². The van der Waals surface area contributed by atoms with Crippen molar-refractivity contribution >= 4 is 17.4 Å². The number of H-pyrrole nitrogens is 1. The SMILES string of the molecule is CN(c1nc[nH]c(=O)c1Cl)C1CCCC1CN. The Morgan fingerprint density at radius 2 is 2.41 bits per heavy atom. The van der Waals surface area contributed by atoms with Gasteiger partial charge in [0.1, 0.15) is 5.02 Å². The summed E-state index contributed by atoms with van der Waals surface area (Å²) in [7, 11) is 1.92. The van der Waals surface area contributed by atoms with E-state index in [-0.39, 0.29) is 10.6 Å². The van der Waals surface area contributed by atoms with Crippen LogP contribution >= 0.6 is 11.6 Å². The van der Waals surface area contributed by atoms with Crippen LogP contribution in [0.15, 0.2) is 11.1 Å². The number of hydrogen-bond acceptors (Lipinski definition) is 4. The van der Waals surface area contributed by atoms with Gasteiger partial charge in [0.25, 0.3) is 5.56 Å². The average Bonchev–Trinajstić information content (AvgIpc) is 2.80. The molecule has 2 unspecified atom stereocenters. The maximum Gasteiger partial charge on any atom is 0.271 e. The Balaban J connectivity index is 2.27. The molecule has 1 aliphatic rings. The van der Waals surface area contributed by atoms with Crippen molar-refractivity contribution in [1.29, 1.82) is 0 Å². The van der Waals surface area contributed by atoms with Gasteiger partial charge >= 0.3 is 0 Å². The quantitative estimate of drug-likeness (QED) is 0.846. The fourth-order valence-electron chi connectivity index (χ4n) is 2.58. The van der Waals surface area contributed by atoms with Gasteiger partial charge in [-0.1, -0.05) is 18.0 Å². The van der Waals surface area contributed by atoms with Crippen LogP contribution in [0, 0.1) is 5.92 Å². The molecule has 0 bridgehead atoms. The molecule has 0 spiro atoms. The highest BCUT2D eigenvalue weighted by molar-refractivity contribution is 6.32. The van der Waals surface area contributed by atoms with Gasteiger partial charge in [-0.15, -0.1) is 0 Å². The molecule has 17 heavy (non-hydrogen) atoms. The minimum Gasteiger partial charge on any atom is -0.355 e. The van der Waals surface area contributed by atoms with E-state index in [0.29, 0.717) is 24.3 Å². The van der Waals surface area contributed by atoms with E-state index in [9.17, 15) is 4.79 Å². The zero-order valence-electron chi connectivity index (χ0n) is 9.82. The Hall–Kier alpha value is -1.07. The zero-order valence-corrected chi connectivity index (χ0v) is 10.6. The molecule has 5 nitrogen and oxygen atoms in total. The third-order valence-corrected chi connectivity index (χ3v) is 3.87. The lowest BCUT2D eigenvalue weighted by molar-refractivity contribution is 0.472. The summed E-state index contributed by atoms with van der Waals surface area (Å²) in [6.07, 6.45) is 4.75. The van der Waals surface area contributed by atoms with E-state index in [1.165, 1.54) is 6.33 Å². The molecule has 0 saturated heterocycles. The number of nitrogens with zero attached hydrogens (tertiary/aromatic N) is 2. The number of halogens is 1. The van der Waals surface area contributed by atoms with Crippen LogP contribution in [0.1, 0.15) is 19.3 Å². The number of hydrogen-bond donors (Lipinski definition) is 2. The topological polar surface area (TPSA) is 75.0 Å². The number of aromatic amines is 1. The molecule has 1 aromatic heterocycles. The van der Waals surface area contributed by atoms with Crippen molar-refractivity contribution < 1.29 is 0 Å². The second kappa shape index (κ2) is 5.06. The summed E-state index contributed by atoms with van der Waals surface area (Å²) in [4.78, 5) is 20.0. The maximum atomic E-state index is 11.4. The number of nitrogens with two attached hydrogens (primary N) is 1. The molecule has 0 aliphatic heterocycles. The Morgan fingerprint density at radius 1 is 1.65 bits per heavy atom. The normalized spacial score (nSPS) is 23.9. The first-order chi connectivity index (χ1) is 8.15. The lowest BCUT2D eigenvalue weighted by Gasteiger charge is -2.30. The minimum absolute atomic E-state index is 0.151. The highest BCUT2D eigenvalue weighted by atomic mass is 35.5. The van der Waals surface area contributed by atoms with Crippen LogP contribution in [0.3, 0.4) is 0 Å². The first kappa shape index (κ1) is 12.4. The van der Waals surface area contributed by atoms with Gasteiger partial charge in [-0.2, -0.15) is 0 Å². The van der Waals surface area contributed by atoms with E-state index in [4.69, 9.17) is 17.3 Å². The van der Waals surface area contributed by atoms with Crippen LogP contribution in [-0.2, 0) is 0 Å². The molecular weight excluding hydrogens is 240 g/mol. The van der Waals surface area contributed by atoms with Gasteiger partial charge in [0, 0.05) is 13.1 Å². The van der Waals surface area contributed by atoms with Gasteiger partial charge in [-0.05, 0) is 25.3 Å². The summed E-state index contributed by atoms with van der Waals surface area (Å²) in [5.74, 6) is 0.998. The van der Waals surface area contributed by atoms with Gasteiger partial charge in [0.2, 0.25) is 0 Å². The van der Waals surface area contributed by atoms with E-state index in [1.807, 2.05) is 11.9 Å². The fraction of sp³-hybridized carbons (Fsp3) is 0.636. The Bertz CT molecular complexity index is 447. The summed E-state index contributed by atoms with van der Waals surface area (Å²) in [5.41, 5.74) is 5.46. The Kier molecular flexibility index (Phi) is 3.69. The zero-order chi connectivity index (χ0) is 12.4. The summed E-state index contributed by atoms with van der Waals surface area (Å²) in [5, 5.41) is 0.151. The van der Waals surface area contributed by atoms with Crippen LogP contribution in [0.2, 0.25) is 5.02 Å². The van der Waals surface area contributed by atoms with Crippen LogP contribution < -0.4 is 16.2 Å². The van der Waals surface area contributed by atoms with Crippen LogP contribution in [0.25, 0.3) is 0 Å². The van der Waals surface area contributed by atoms with Crippen LogP contribution in [0.4, 0.5) is 5.82 Å². The Morgan fingerprint density at radius 3 is 3.12 bits per heavy atom. The lowest BCUT2D eigenvalue weighted by atomic mass is 10.0. The van der Waals surface area contributed by atoms with Crippen molar-refractivity contribution in [3.63, 3.8) is 0 Å². The predicted octanol–water partition coefficient (Wildman–Crippen LogP) is 0.987. The van der Waals surface area contributed by atoms with E-state index in [1.54, 1.807) is 0 Å². The molecule has 3 N–H and O–H groups in total. The second-order valence-electron chi connectivity index (χ2n) is 4.47. The van der Waals surface area contributed by atoms with Crippen molar-refractivity contribution in [2.75, 3.05) is 18.5 Å². The lowest BCUT2D eigenvalue weighted by Crippen LogP contribution is -2.39. The molecule has 1 aliphatic carbocycles. The highest BCUT2D eigenvalue weighted by Gasteiger charge is 2.31. The molecule has 2 rings (SSSR count). The molecule has 1 aromatic rings. The molecule has 0 amide bonds. The number of aromatic nitrogens is 2. The monoisotopic (exact) mass is 256 g/mol. The highest BCUT2D eigenvalue weighted by Crippen LogP contribution is 2.32. The van der Waals surface area contributed by atoms with E-state index >= 15 is 0 Å². The molecule has 1 saturated carbocycles. The molecule has 1 fully saturated rings. The molecule has 0 radical (unpaired) electrons. The van der Waals surface area contributed by atoms with E-state index in [2.05, 4.69) is 9.97 Å². The van der Waals surface area contributed by atoms with Crippen LogP contribution in [0.5, 0.6) is 0 Å². The molecule has 1 heterocycles. The standard InChI is InChI=1S/C11H17ClN4O/c1-16(8-4-2-3-7(8)5-13)10-9(12)11(17)15-6-14-10/h6-8H,2-5,13H2,1H3,(H,14,15,17). The van der Waals surface area contributed by atoms with Gasteiger partial charge in [0.05, 0.1) is 6.33 Å². The maximum absolute atomic E-state index is 11.4. The number of anilines is 1. The molecule has 2 atom stereocenters. The molecular formula is C11H17ClN4O. The van der Waals surface area contributed by atoms with Crippen molar-refractivity contribution in [2.45, 2.75) is 25.3 Å². The summed E-state index contributed by atoms with van der Waals surface area (Å²) >= 11 is 5.98. The van der Waals surface area contributed by atoms with E-state index < -0.39 is 0 Å². The summed E-state index contributed by atoms with van der Waals surface area (Å²) in [6, 6.07) is 0.326. The minimum atomic E-state index is -0.300. The third-order valence-electron chi connectivity index (χ3n) is 3.53. The first-order valence-corrected chi connectivity index (χ1v) is 6.19. The van der Waals surface area contributed by atoms with Gasteiger partial charge in [0.15, 0.2) is 5.82 Å². The molecule has 0 aromatic carbocycles.